The zero-order valence-corrected chi connectivity index (χ0v) is 16.9. The molecular weight excluding hydrogens is 397 g/mol. The van der Waals surface area contributed by atoms with Crippen molar-refractivity contribution >= 4 is 21.7 Å². The minimum Gasteiger partial charge on any atom is -0.495 e. The number of nitrogens with zero attached hydrogens (tertiary/aromatic N) is 1. The number of methoxy groups -OCH3 is 1. The fourth-order valence-electron chi connectivity index (χ4n) is 3.25. The SMILES string of the molecule is COc1ccccc1NC(=O)N1CCC(CNS(=O)(=O)c2ccccc2F)CC1. The van der Waals surface area contributed by atoms with E-state index in [2.05, 4.69) is 10.0 Å². The van der Waals surface area contributed by atoms with Crippen LogP contribution in [0.3, 0.4) is 0 Å². The third-order valence-corrected chi connectivity index (χ3v) is 6.40. The third kappa shape index (κ3) is 5.24. The predicted molar refractivity (Wildman–Crippen MR) is 108 cm³/mol. The number of benzene rings is 2. The molecule has 2 amide bonds. The van der Waals surface area contributed by atoms with Gasteiger partial charge in [-0.05, 0) is 43.0 Å². The van der Waals surface area contributed by atoms with Crippen LogP contribution in [0.1, 0.15) is 12.8 Å². The molecule has 1 aliphatic heterocycles. The Morgan fingerprint density at radius 3 is 2.48 bits per heavy atom. The van der Waals surface area contributed by atoms with Crippen molar-refractivity contribution in [2.75, 3.05) is 32.1 Å². The van der Waals surface area contributed by atoms with Gasteiger partial charge in [0.1, 0.15) is 16.5 Å². The number of piperidine rings is 1. The van der Waals surface area contributed by atoms with Gasteiger partial charge in [-0.15, -0.1) is 0 Å². The van der Waals surface area contributed by atoms with Crippen molar-refractivity contribution in [2.45, 2.75) is 17.7 Å². The van der Waals surface area contributed by atoms with Gasteiger partial charge in [0.05, 0.1) is 12.8 Å². The Kier molecular flexibility index (Phi) is 6.71. The number of ether oxygens (including phenoxy) is 1. The van der Waals surface area contributed by atoms with E-state index in [9.17, 15) is 17.6 Å². The van der Waals surface area contributed by atoms with Crippen LogP contribution in [-0.4, -0.2) is 46.1 Å². The molecule has 2 N–H and O–H groups in total. The topological polar surface area (TPSA) is 87.7 Å². The lowest BCUT2D eigenvalue weighted by molar-refractivity contribution is 0.183. The summed E-state index contributed by atoms with van der Waals surface area (Å²) in [5, 5.41) is 2.84. The molecule has 0 bridgehead atoms. The number of halogens is 1. The lowest BCUT2D eigenvalue weighted by Gasteiger charge is -2.32. The van der Waals surface area contributed by atoms with Gasteiger partial charge in [-0.2, -0.15) is 0 Å². The van der Waals surface area contributed by atoms with E-state index in [-0.39, 0.29) is 23.4 Å². The molecule has 1 fully saturated rings. The third-order valence-electron chi connectivity index (χ3n) is 4.94. The summed E-state index contributed by atoms with van der Waals surface area (Å²) in [6, 6.07) is 12.2. The Morgan fingerprint density at radius 1 is 1.14 bits per heavy atom. The fraction of sp³-hybridized carbons (Fsp3) is 0.350. The van der Waals surface area contributed by atoms with Crippen LogP contribution in [0.25, 0.3) is 0 Å². The van der Waals surface area contributed by atoms with Crippen LogP contribution in [0.15, 0.2) is 53.4 Å². The van der Waals surface area contributed by atoms with Crippen LogP contribution >= 0.6 is 0 Å². The van der Waals surface area contributed by atoms with Crippen LogP contribution < -0.4 is 14.8 Å². The van der Waals surface area contributed by atoms with Crippen LogP contribution in [0.4, 0.5) is 14.9 Å². The molecule has 0 aromatic heterocycles. The van der Waals surface area contributed by atoms with Crippen molar-refractivity contribution in [1.82, 2.24) is 9.62 Å². The molecular formula is C20H24FN3O4S. The van der Waals surface area contributed by atoms with E-state index < -0.39 is 15.8 Å². The van der Waals surface area contributed by atoms with Crippen molar-refractivity contribution in [3.05, 3.63) is 54.3 Å². The van der Waals surface area contributed by atoms with Crippen molar-refractivity contribution in [1.29, 1.82) is 0 Å². The number of likely N-dealkylation sites (tertiary alicyclic amines) is 1. The Balaban J connectivity index is 1.50. The Hall–Kier alpha value is -2.65. The molecule has 29 heavy (non-hydrogen) atoms. The Bertz CT molecular complexity index is 960. The van der Waals surface area contributed by atoms with E-state index in [0.717, 1.165) is 6.07 Å². The highest BCUT2D eigenvalue weighted by molar-refractivity contribution is 7.89. The van der Waals surface area contributed by atoms with E-state index in [4.69, 9.17) is 4.74 Å². The van der Waals surface area contributed by atoms with Crippen molar-refractivity contribution in [3.8, 4) is 5.75 Å². The maximum atomic E-state index is 13.7. The molecule has 0 saturated carbocycles. The molecule has 156 valence electrons. The van der Waals surface area contributed by atoms with E-state index in [1.165, 1.54) is 18.2 Å². The minimum absolute atomic E-state index is 0.0758. The van der Waals surface area contributed by atoms with Gasteiger partial charge in [0, 0.05) is 19.6 Å². The van der Waals surface area contributed by atoms with E-state index in [0.29, 0.717) is 37.4 Å². The molecule has 2 aromatic rings. The van der Waals surface area contributed by atoms with Gasteiger partial charge in [-0.3, -0.25) is 0 Å². The molecule has 1 heterocycles. The van der Waals surface area contributed by atoms with Crippen molar-refractivity contribution < 1.29 is 22.3 Å². The quantitative estimate of drug-likeness (QED) is 0.751. The maximum absolute atomic E-state index is 13.7. The number of para-hydroxylation sites is 2. The Labute approximate surface area is 169 Å². The van der Waals surface area contributed by atoms with Gasteiger partial charge in [0.25, 0.3) is 0 Å². The highest BCUT2D eigenvalue weighted by Gasteiger charge is 2.25. The average Bonchev–Trinajstić information content (AvgIpc) is 2.73. The first-order valence-electron chi connectivity index (χ1n) is 9.34. The van der Waals surface area contributed by atoms with Gasteiger partial charge in [-0.1, -0.05) is 24.3 Å². The number of sulfonamides is 1. The number of amides is 2. The van der Waals surface area contributed by atoms with Gasteiger partial charge in [0.2, 0.25) is 10.0 Å². The molecule has 7 nitrogen and oxygen atoms in total. The number of carbonyl (C=O) groups is 1. The first-order chi connectivity index (χ1) is 13.9. The predicted octanol–water partition coefficient (Wildman–Crippen LogP) is 3.06. The van der Waals surface area contributed by atoms with E-state index in [1.807, 2.05) is 12.1 Å². The summed E-state index contributed by atoms with van der Waals surface area (Å²) < 4.78 is 46.0. The normalized spacial score (nSPS) is 15.2. The standard InChI is InChI=1S/C20H24FN3O4S/c1-28-18-8-4-3-7-17(18)23-20(25)24-12-10-15(11-13-24)14-22-29(26,27)19-9-5-2-6-16(19)21/h2-9,15,22H,10-14H2,1H3,(H,23,25). The molecule has 2 aromatic carbocycles. The summed E-state index contributed by atoms with van der Waals surface area (Å²) in [6.45, 7) is 1.22. The number of rotatable bonds is 6. The zero-order valence-electron chi connectivity index (χ0n) is 16.1. The molecule has 1 saturated heterocycles. The van der Waals surface area contributed by atoms with Crippen LogP contribution in [0.2, 0.25) is 0 Å². The summed E-state index contributed by atoms with van der Waals surface area (Å²) in [5.74, 6) is -0.118. The second kappa shape index (κ2) is 9.23. The average molecular weight is 421 g/mol. The first-order valence-corrected chi connectivity index (χ1v) is 10.8. The van der Waals surface area contributed by atoms with Crippen molar-refractivity contribution in [2.24, 2.45) is 5.92 Å². The minimum atomic E-state index is -3.90. The molecule has 0 spiro atoms. The zero-order chi connectivity index (χ0) is 20.9. The Morgan fingerprint density at radius 2 is 1.79 bits per heavy atom. The summed E-state index contributed by atoms with van der Waals surface area (Å²) in [4.78, 5) is 13.8. The van der Waals surface area contributed by atoms with Crippen LogP contribution in [0, 0.1) is 11.7 Å². The second-order valence-electron chi connectivity index (χ2n) is 6.84. The maximum Gasteiger partial charge on any atom is 0.321 e. The molecule has 0 radical (unpaired) electrons. The summed E-state index contributed by atoms with van der Waals surface area (Å²) >= 11 is 0. The smallest absolute Gasteiger partial charge is 0.321 e. The molecule has 9 heteroatoms. The van der Waals surface area contributed by atoms with Gasteiger partial charge >= 0.3 is 6.03 Å². The van der Waals surface area contributed by atoms with E-state index >= 15 is 0 Å². The van der Waals surface area contributed by atoms with Crippen molar-refractivity contribution in [3.63, 3.8) is 0 Å². The lowest BCUT2D eigenvalue weighted by atomic mass is 9.97. The first kappa shape index (κ1) is 21.1. The summed E-state index contributed by atoms with van der Waals surface area (Å²) in [6.07, 6.45) is 1.30. The highest BCUT2D eigenvalue weighted by Crippen LogP contribution is 2.24. The number of hydrogen-bond donors (Lipinski definition) is 2. The molecule has 0 atom stereocenters. The number of hydrogen-bond acceptors (Lipinski definition) is 4. The van der Waals surface area contributed by atoms with Crippen LogP contribution in [0.5, 0.6) is 5.75 Å². The lowest BCUT2D eigenvalue weighted by Crippen LogP contribution is -2.43. The summed E-state index contributed by atoms with van der Waals surface area (Å²) in [7, 11) is -2.36. The molecule has 0 aliphatic carbocycles. The molecule has 3 rings (SSSR count). The number of anilines is 1. The monoisotopic (exact) mass is 421 g/mol. The summed E-state index contributed by atoms with van der Waals surface area (Å²) in [5.41, 5.74) is 0.597. The second-order valence-corrected chi connectivity index (χ2v) is 8.58. The largest absolute Gasteiger partial charge is 0.495 e. The van der Waals surface area contributed by atoms with Gasteiger partial charge in [-0.25, -0.2) is 22.3 Å². The molecule has 0 unspecified atom stereocenters. The number of nitrogens with one attached hydrogen (secondary N) is 2. The number of carbonyl (C=O) groups excluding carboxylic acids is 1. The van der Waals surface area contributed by atoms with Gasteiger partial charge in [0.15, 0.2) is 0 Å². The highest BCUT2D eigenvalue weighted by atomic mass is 32.2. The van der Waals surface area contributed by atoms with Crippen LogP contribution in [-0.2, 0) is 10.0 Å². The van der Waals surface area contributed by atoms with E-state index in [1.54, 1.807) is 24.1 Å². The molecule has 1 aliphatic rings. The number of urea groups is 1. The van der Waals surface area contributed by atoms with Gasteiger partial charge < -0.3 is 15.0 Å². The fourth-order valence-corrected chi connectivity index (χ4v) is 4.44.